The Labute approximate surface area is 135 Å². The van der Waals surface area contributed by atoms with Gasteiger partial charge in [0.05, 0.1) is 13.5 Å². The molecule has 0 fully saturated rings. The highest BCUT2D eigenvalue weighted by Crippen LogP contribution is 2.11. The zero-order valence-electron chi connectivity index (χ0n) is 13.0. The highest BCUT2D eigenvalue weighted by molar-refractivity contribution is 5.81. The first-order chi connectivity index (χ1) is 11.2. The van der Waals surface area contributed by atoms with Crippen LogP contribution in [0.15, 0.2) is 54.6 Å². The van der Waals surface area contributed by atoms with Crippen LogP contribution in [0.5, 0.6) is 5.75 Å². The summed E-state index contributed by atoms with van der Waals surface area (Å²) in [5, 5.41) is 2.70. The molecule has 0 aliphatic heterocycles. The van der Waals surface area contributed by atoms with E-state index in [1.807, 2.05) is 30.3 Å². The number of carbonyl (C=O) groups is 2. The van der Waals surface area contributed by atoms with Crippen molar-refractivity contribution >= 4 is 11.9 Å². The van der Waals surface area contributed by atoms with Crippen molar-refractivity contribution in [3.05, 3.63) is 65.7 Å². The minimum absolute atomic E-state index is 0.121. The third kappa shape index (κ3) is 5.82. The monoisotopic (exact) mass is 313 g/mol. The van der Waals surface area contributed by atoms with E-state index in [4.69, 9.17) is 9.47 Å². The summed E-state index contributed by atoms with van der Waals surface area (Å²) in [5.74, 6) is -0.0376. The molecule has 1 N–H and O–H groups in total. The fraction of sp³-hybridized carbons (Fsp3) is 0.222. The highest BCUT2D eigenvalue weighted by atomic mass is 16.5. The number of ether oxygens (including phenoxy) is 2. The van der Waals surface area contributed by atoms with Crippen LogP contribution < -0.4 is 10.1 Å². The summed E-state index contributed by atoms with van der Waals surface area (Å²) < 4.78 is 10.0. The highest BCUT2D eigenvalue weighted by Gasteiger charge is 2.08. The van der Waals surface area contributed by atoms with Gasteiger partial charge in [0.2, 0.25) is 0 Å². The lowest BCUT2D eigenvalue weighted by Gasteiger charge is -2.07. The van der Waals surface area contributed by atoms with Crippen LogP contribution in [-0.4, -0.2) is 25.6 Å². The summed E-state index contributed by atoms with van der Waals surface area (Å²) in [4.78, 5) is 23.4. The molecule has 2 aromatic carbocycles. The minimum Gasteiger partial charge on any atom is -0.497 e. The average Bonchev–Trinajstić information content (AvgIpc) is 2.60. The van der Waals surface area contributed by atoms with Crippen LogP contribution >= 0.6 is 0 Å². The van der Waals surface area contributed by atoms with Crippen LogP contribution in [0.4, 0.5) is 0 Å². The molecule has 2 aromatic rings. The number of esters is 1. The van der Waals surface area contributed by atoms with Crippen molar-refractivity contribution < 1.29 is 19.1 Å². The summed E-state index contributed by atoms with van der Waals surface area (Å²) in [6, 6.07) is 16.7. The van der Waals surface area contributed by atoms with Crippen molar-refractivity contribution in [2.24, 2.45) is 0 Å². The number of rotatable bonds is 7. The number of carbonyl (C=O) groups excluding carboxylic acids is 2. The molecule has 0 aliphatic carbocycles. The minimum atomic E-state index is -0.440. The lowest BCUT2D eigenvalue weighted by Crippen LogP contribution is -2.28. The van der Waals surface area contributed by atoms with E-state index in [1.165, 1.54) is 0 Å². The number of hydrogen-bond acceptors (Lipinski definition) is 4. The second kappa shape index (κ2) is 8.58. The zero-order valence-corrected chi connectivity index (χ0v) is 13.0. The maximum atomic E-state index is 11.7. The van der Waals surface area contributed by atoms with Gasteiger partial charge in [0, 0.05) is 6.54 Å². The first-order valence-electron chi connectivity index (χ1n) is 7.26. The molecule has 0 radical (unpaired) electrons. The molecular weight excluding hydrogens is 294 g/mol. The molecule has 2 rings (SSSR count). The number of nitrogens with one attached hydrogen (secondary N) is 1. The van der Waals surface area contributed by atoms with Gasteiger partial charge in [0.15, 0.2) is 6.61 Å². The fourth-order valence-corrected chi connectivity index (χ4v) is 1.95. The SMILES string of the molecule is COc1ccc(CC(=O)OCC(=O)NCc2ccccc2)cc1. The van der Waals surface area contributed by atoms with Crippen LogP contribution in [0, 0.1) is 0 Å². The predicted molar refractivity (Wildman–Crippen MR) is 85.9 cm³/mol. The summed E-state index contributed by atoms with van der Waals surface area (Å²) in [5.41, 5.74) is 1.80. The van der Waals surface area contributed by atoms with Gasteiger partial charge in [-0.3, -0.25) is 9.59 Å². The fourth-order valence-electron chi connectivity index (χ4n) is 1.95. The normalized spacial score (nSPS) is 9.96. The van der Waals surface area contributed by atoms with Gasteiger partial charge in [-0.15, -0.1) is 0 Å². The maximum Gasteiger partial charge on any atom is 0.310 e. The van der Waals surface area contributed by atoms with Crippen molar-refractivity contribution in [3.8, 4) is 5.75 Å². The average molecular weight is 313 g/mol. The first-order valence-corrected chi connectivity index (χ1v) is 7.26. The molecule has 1 amide bonds. The maximum absolute atomic E-state index is 11.7. The van der Waals surface area contributed by atoms with Crippen LogP contribution in [0.3, 0.4) is 0 Å². The Morgan fingerprint density at radius 1 is 0.957 bits per heavy atom. The van der Waals surface area contributed by atoms with Gasteiger partial charge in [0.25, 0.3) is 5.91 Å². The smallest absolute Gasteiger partial charge is 0.310 e. The topological polar surface area (TPSA) is 64.6 Å². The summed E-state index contributed by atoms with van der Waals surface area (Å²) >= 11 is 0. The van der Waals surface area contributed by atoms with Gasteiger partial charge in [-0.1, -0.05) is 42.5 Å². The van der Waals surface area contributed by atoms with E-state index in [-0.39, 0.29) is 18.9 Å². The van der Waals surface area contributed by atoms with Crippen molar-refractivity contribution in [2.75, 3.05) is 13.7 Å². The molecule has 5 heteroatoms. The Kier molecular flexibility index (Phi) is 6.17. The molecule has 120 valence electrons. The standard InChI is InChI=1S/C18H19NO4/c1-22-16-9-7-14(8-10-16)11-18(21)23-13-17(20)19-12-15-5-3-2-4-6-15/h2-10H,11-13H2,1H3,(H,19,20). The summed E-state index contributed by atoms with van der Waals surface area (Å²) in [7, 11) is 1.58. The van der Waals surface area contributed by atoms with E-state index in [0.29, 0.717) is 6.54 Å². The Bertz CT molecular complexity index is 638. The zero-order chi connectivity index (χ0) is 16.5. The second-order valence-corrected chi connectivity index (χ2v) is 4.95. The number of methoxy groups -OCH3 is 1. The van der Waals surface area contributed by atoms with Gasteiger partial charge in [-0.05, 0) is 23.3 Å². The van der Waals surface area contributed by atoms with Crippen LogP contribution in [0.25, 0.3) is 0 Å². The van der Waals surface area contributed by atoms with Gasteiger partial charge >= 0.3 is 5.97 Å². The van der Waals surface area contributed by atoms with E-state index >= 15 is 0 Å². The van der Waals surface area contributed by atoms with E-state index in [9.17, 15) is 9.59 Å². The lowest BCUT2D eigenvalue weighted by molar-refractivity contribution is -0.147. The van der Waals surface area contributed by atoms with Crippen molar-refractivity contribution in [1.29, 1.82) is 0 Å². The molecule has 5 nitrogen and oxygen atoms in total. The molecular formula is C18H19NO4. The molecule has 0 saturated heterocycles. The van der Waals surface area contributed by atoms with E-state index in [2.05, 4.69) is 5.32 Å². The van der Waals surface area contributed by atoms with Crippen molar-refractivity contribution in [2.45, 2.75) is 13.0 Å². The van der Waals surface area contributed by atoms with E-state index in [0.717, 1.165) is 16.9 Å². The van der Waals surface area contributed by atoms with Gasteiger partial charge < -0.3 is 14.8 Å². The van der Waals surface area contributed by atoms with E-state index < -0.39 is 5.97 Å². The molecule has 23 heavy (non-hydrogen) atoms. The number of hydrogen-bond donors (Lipinski definition) is 1. The Morgan fingerprint density at radius 2 is 1.65 bits per heavy atom. The Morgan fingerprint density at radius 3 is 2.30 bits per heavy atom. The Hall–Kier alpha value is -2.82. The number of amides is 1. The van der Waals surface area contributed by atoms with Crippen LogP contribution in [0.2, 0.25) is 0 Å². The first kappa shape index (κ1) is 16.5. The molecule has 0 unspecified atom stereocenters. The molecule has 0 spiro atoms. The predicted octanol–water partition coefficient (Wildman–Crippen LogP) is 2.10. The molecule has 0 aliphatic rings. The van der Waals surface area contributed by atoms with Gasteiger partial charge in [-0.25, -0.2) is 0 Å². The molecule has 0 atom stereocenters. The molecule has 0 bridgehead atoms. The quantitative estimate of drug-likeness (QED) is 0.795. The largest absolute Gasteiger partial charge is 0.497 e. The van der Waals surface area contributed by atoms with Gasteiger partial charge in [0.1, 0.15) is 5.75 Å². The van der Waals surface area contributed by atoms with Crippen LogP contribution in [0.1, 0.15) is 11.1 Å². The third-order valence-electron chi connectivity index (χ3n) is 3.20. The van der Waals surface area contributed by atoms with Crippen molar-refractivity contribution in [1.82, 2.24) is 5.32 Å². The lowest BCUT2D eigenvalue weighted by atomic mass is 10.1. The van der Waals surface area contributed by atoms with Crippen LogP contribution in [-0.2, 0) is 27.3 Å². The molecule has 0 heterocycles. The second-order valence-electron chi connectivity index (χ2n) is 4.95. The molecule has 0 saturated carbocycles. The summed E-state index contributed by atoms with van der Waals surface area (Å²) in [6.45, 7) is 0.136. The molecule has 0 aromatic heterocycles. The number of benzene rings is 2. The third-order valence-corrected chi connectivity index (χ3v) is 3.20. The van der Waals surface area contributed by atoms with E-state index in [1.54, 1.807) is 31.4 Å². The van der Waals surface area contributed by atoms with Gasteiger partial charge in [-0.2, -0.15) is 0 Å². The van der Waals surface area contributed by atoms with Crippen molar-refractivity contribution in [3.63, 3.8) is 0 Å². The summed E-state index contributed by atoms with van der Waals surface area (Å²) in [6.07, 6.45) is 0.121. The Balaban J connectivity index is 1.69.